The normalized spacial score (nSPS) is 11.1. The van der Waals surface area contributed by atoms with Gasteiger partial charge < -0.3 is 10.1 Å². The molecule has 8 heteroatoms. The Bertz CT molecular complexity index is 717. The van der Waals surface area contributed by atoms with Crippen LogP contribution < -0.4 is 10.1 Å². The fraction of sp³-hybridized carbons (Fsp3) is 0.200. The van der Waals surface area contributed by atoms with E-state index in [-0.39, 0.29) is 5.69 Å². The number of nitrogens with zero attached hydrogens (tertiary/aromatic N) is 1. The second-order valence-corrected chi connectivity index (χ2v) is 4.54. The predicted molar refractivity (Wildman–Crippen MR) is 79.0 cm³/mol. The lowest BCUT2D eigenvalue weighted by molar-refractivity contribution is -0.384. The molecule has 0 heterocycles. The van der Waals surface area contributed by atoms with Crippen LogP contribution in [0.2, 0.25) is 0 Å². The van der Waals surface area contributed by atoms with Crippen molar-refractivity contribution in [3.05, 3.63) is 58.1 Å². The number of alkyl halides is 3. The zero-order valence-electron chi connectivity index (χ0n) is 12.1. The van der Waals surface area contributed by atoms with Crippen molar-refractivity contribution in [1.29, 1.82) is 0 Å². The number of hydrogen-bond donors (Lipinski definition) is 1. The summed E-state index contributed by atoms with van der Waals surface area (Å²) in [4.78, 5) is 10.2. The van der Waals surface area contributed by atoms with Crippen LogP contribution in [0.4, 0.5) is 30.2 Å². The number of nitro groups is 1. The molecule has 0 aliphatic rings. The van der Waals surface area contributed by atoms with Crippen molar-refractivity contribution in [3.8, 4) is 5.75 Å². The van der Waals surface area contributed by atoms with Gasteiger partial charge in [-0.15, -0.1) is 0 Å². The van der Waals surface area contributed by atoms with Gasteiger partial charge >= 0.3 is 6.18 Å². The summed E-state index contributed by atoms with van der Waals surface area (Å²) >= 11 is 0. The lowest BCUT2D eigenvalue weighted by atomic mass is 10.1. The molecule has 122 valence electrons. The molecule has 2 aromatic rings. The van der Waals surface area contributed by atoms with Gasteiger partial charge in [-0.3, -0.25) is 10.1 Å². The first-order chi connectivity index (χ1) is 10.8. The van der Waals surface area contributed by atoms with E-state index in [0.717, 1.165) is 12.1 Å². The third kappa shape index (κ3) is 3.91. The highest BCUT2D eigenvalue weighted by molar-refractivity contribution is 5.73. The molecular weight excluding hydrogens is 313 g/mol. The van der Waals surface area contributed by atoms with E-state index in [1.807, 2.05) is 0 Å². The van der Waals surface area contributed by atoms with Gasteiger partial charge in [0.1, 0.15) is 11.4 Å². The van der Waals surface area contributed by atoms with Gasteiger partial charge in [0.25, 0.3) is 5.69 Å². The Morgan fingerprint density at radius 1 is 1.17 bits per heavy atom. The maximum atomic E-state index is 12.7. The molecular formula is C15H13F3N2O3. The van der Waals surface area contributed by atoms with Gasteiger partial charge in [-0.2, -0.15) is 13.2 Å². The zero-order valence-corrected chi connectivity index (χ0v) is 12.1. The van der Waals surface area contributed by atoms with Gasteiger partial charge in [-0.1, -0.05) is 12.1 Å². The molecule has 0 radical (unpaired) electrons. The summed E-state index contributed by atoms with van der Waals surface area (Å²) in [5.41, 5.74) is -1.36. The van der Waals surface area contributed by atoms with E-state index < -0.39 is 22.4 Å². The molecule has 0 saturated heterocycles. The standard InChI is InChI=1S/C15H13F3N2O3/c1-2-23-14-6-4-3-5-12(14)19-11-8-7-10(15(16,17)18)9-13(11)20(21)22/h3-9,19H,2H2,1H3. The maximum absolute atomic E-state index is 12.7. The van der Waals surface area contributed by atoms with Gasteiger partial charge in [-0.05, 0) is 31.2 Å². The molecule has 0 fully saturated rings. The molecule has 0 bridgehead atoms. The smallest absolute Gasteiger partial charge is 0.416 e. The van der Waals surface area contributed by atoms with E-state index in [2.05, 4.69) is 5.32 Å². The topological polar surface area (TPSA) is 64.4 Å². The van der Waals surface area contributed by atoms with Crippen molar-refractivity contribution in [2.75, 3.05) is 11.9 Å². The Morgan fingerprint density at radius 3 is 2.48 bits per heavy atom. The summed E-state index contributed by atoms with van der Waals surface area (Å²) in [6.07, 6.45) is -4.65. The van der Waals surface area contributed by atoms with Crippen LogP contribution in [-0.2, 0) is 6.18 Å². The molecule has 5 nitrogen and oxygen atoms in total. The monoisotopic (exact) mass is 326 g/mol. The molecule has 0 atom stereocenters. The molecule has 1 N–H and O–H groups in total. The Balaban J connectivity index is 2.42. The number of anilines is 2. The van der Waals surface area contributed by atoms with Crippen molar-refractivity contribution in [3.63, 3.8) is 0 Å². The van der Waals surface area contributed by atoms with Crippen molar-refractivity contribution < 1.29 is 22.8 Å². The van der Waals surface area contributed by atoms with Crippen molar-refractivity contribution in [2.24, 2.45) is 0 Å². The number of rotatable bonds is 5. The van der Waals surface area contributed by atoms with Crippen LogP contribution in [0, 0.1) is 10.1 Å². The summed E-state index contributed by atoms with van der Waals surface area (Å²) in [6, 6.07) is 9.00. The molecule has 0 unspecified atom stereocenters. The summed E-state index contributed by atoms with van der Waals surface area (Å²) < 4.78 is 43.4. The van der Waals surface area contributed by atoms with E-state index in [1.165, 1.54) is 0 Å². The summed E-state index contributed by atoms with van der Waals surface area (Å²) in [5, 5.41) is 13.8. The third-order valence-corrected chi connectivity index (χ3v) is 2.98. The van der Waals surface area contributed by atoms with E-state index >= 15 is 0 Å². The third-order valence-electron chi connectivity index (χ3n) is 2.98. The van der Waals surface area contributed by atoms with Crippen LogP contribution >= 0.6 is 0 Å². The Kier molecular flexibility index (Phi) is 4.73. The first kappa shape index (κ1) is 16.6. The van der Waals surface area contributed by atoms with E-state index in [9.17, 15) is 23.3 Å². The SMILES string of the molecule is CCOc1ccccc1Nc1ccc(C(F)(F)F)cc1[N+](=O)[O-]. The van der Waals surface area contributed by atoms with E-state index in [4.69, 9.17) is 4.74 Å². The minimum Gasteiger partial charge on any atom is -0.492 e. The number of para-hydroxylation sites is 2. The second-order valence-electron chi connectivity index (χ2n) is 4.54. The van der Waals surface area contributed by atoms with Crippen LogP contribution in [0.1, 0.15) is 12.5 Å². The molecule has 23 heavy (non-hydrogen) atoms. The number of nitro benzene ring substituents is 1. The molecule has 0 spiro atoms. The average molecular weight is 326 g/mol. The van der Waals surface area contributed by atoms with E-state index in [1.54, 1.807) is 31.2 Å². The second kappa shape index (κ2) is 6.55. The highest BCUT2D eigenvalue weighted by atomic mass is 19.4. The summed E-state index contributed by atoms with van der Waals surface area (Å²) in [7, 11) is 0. The van der Waals surface area contributed by atoms with E-state index in [0.29, 0.717) is 24.1 Å². The van der Waals surface area contributed by atoms with Gasteiger partial charge in [0.05, 0.1) is 22.8 Å². The minimum atomic E-state index is -4.65. The Labute approximate surface area is 129 Å². The largest absolute Gasteiger partial charge is 0.492 e. The quantitative estimate of drug-likeness (QED) is 0.636. The Morgan fingerprint density at radius 2 is 1.87 bits per heavy atom. The van der Waals surface area contributed by atoms with Crippen LogP contribution in [0.5, 0.6) is 5.75 Å². The lowest BCUT2D eigenvalue weighted by Crippen LogP contribution is -2.07. The summed E-state index contributed by atoms with van der Waals surface area (Å²) in [6.45, 7) is 2.16. The van der Waals surface area contributed by atoms with Crippen LogP contribution in [0.15, 0.2) is 42.5 Å². The van der Waals surface area contributed by atoms with Crippen molar-refractivity contribution in [1.82, 2.24) is 0 Å². The molecule has 0 aliphatic heterocycles. The predicted octanol–water partition coefficient (Wildman–Crippen LogP) is 4.76. The molecule has 0 amide bonds. The average Bonchev–Trinajstić information content (AvgIpc) is 2.48. The molecule has 0 saturated carbocycles. The number of benzene rings is 2. The van der Waals surface area contributed by atoms with Crippen LogP contribution in [-0.4, -0.2) is 11.5 Å². The minimum absolute atomic E-state index is 0.0462. The highest BCUT2D eigenvalue weighted by Crippen LogP contribution is 2.37. The fourth-order valence-electron chi connectivity index (χ4n) is 1.96. The molecule has 2 aromatic carbocycles. The first-order valence-electron chi connectivity index (χ1n) is 6.67. The number of nitrogens with one attached hydrogen (secondary N) is 1. The van der Waals surface area contributed by atoms with Gasteiger partial charge in [0.2, 0.25) is 0 Å². The fourth-order valence-corrected chi connectivity index (χ4v) is 1.96. The lowest BCUT2D eigenvalue weighted by Gasteiger charge is -2.13. The first-order valence-corrected chi connectivity index (χ1v) is 6.67. The summed E-state index contributed by atoms with van der Waals surface area (Å²) in [5.74, 6) is 0.448. The number of hydrogen-bond acceptors (Lipinski definition) is 4. The van der Waals surface area contributed by atoms with Crippen molar-refractivity contribution >= 4 is 17.1 Å². The molecule has 2 rings (SSSR count). The zero-order chi connectivity index (χ0) is 17.0. The van der Waals surface area contributed by atoms with Gasteiger partial charge in [-0.25, -0.2) is 0 Å². The van der Waals surface area contributed by atoms with Gasteiger partial charge in [0.15, 0.2) is 0 Å². The highest BCUT2D eigenvalue weighted by Gasteiger charge is 2.33. The molecule has 0 aliphatic carbocycles. The van der Waals surface area contributed by atoms with Crippen LogP contribution in [0.3, 0.4) is 0 Å². The number of halogens is 3. The van der Waals surface area contributed by atoms with Gasteiger partial charge in [0, 0.05) is 6.07 Å². The Hall–Kier alpha value is -2.77. The van der Waals surface area contributed by atoms with Crippen molar-refractivity contribution in [2.45, 2.75) is 13.1 Å². The van der Waals surface area contributed by atoms with Crippen LogP contribution in [0.25, 0.3) is 0 Å². The number of ether oxygens (including phenoxy) is 1. The molecule has 0 aromatic heterocycles. The maximum Gasteiger partial charge on any atom is 0.416 e.